The Morgan fingerprint density at radius 3 is 2.50 bits per heavy atom. The van der Waals surface area contributed by atoms with Crippen LogP contribution in [0.25, 0.3) is 0 Å². The fraction of sp³-hybridized carbons (Fsp3) is 1.00. The van der Waals surface area contributed by atoms with Crippen molar-refractivity contribution < 1.29 is 0 Å². The van der Waals surface area contributed by atoms with E-state index in [9.17, 15) is 0 Å². The summed E-state index contributed by atoms with van der Waals surface area (Å²) in [5.74, 6) is 1.66. The van der Waals surface area contributed by atoms with Gasteiger partial charge in [-0.3, -0.25) is 0 Å². The van der Waals surface area contributed by atoms with Gasteiger partial charge in [0.1, 0.15) is 0 Å². The van der Waals surface area contributed by atoms with E-state index in [1.807, 2.05) is 0 Å². The van der Waals surface area contributed by atoms with Crippen molar-refractivity contribution in [2.75, 3.05) is 6.54 Å². The van der Waals surface area contributed by atoms with Crippen LogP contribution in [0, 0.1) is 11.8 Å². The van der Waals surface area contributed by atoms with E-state index in [4.69, 9.17) is 5.73 Å². The molecule has 1 fully saturated rings. The fourth-order valence-corrected chi connectivity index (χ4v) is 2.26. The summed E-state index contributed by atoms with van der Waals surface area (Å²) >= 11 is 0. The Kier molecular flexibility index (Phi) is 3.96. The molecule has 14 heavy (non-hydrogen) atoms. The zero-order valence-electron chi connectivity index (χ0n) is 10.1. The number of hydrogen-bond acceptors (Lipinski definition) is 2. The maximum Gasteiger partial charge on any atom is 0.0223 e. The third-order valence-corrected chi connectivity index (χ3v) is 3.53. The lowest BCUT2D eigenvalue weighted by Crippen LogP contribution is -2.50. The lowest BCUT2D eigenvalue weighted by Gasteiger charge is -2.36. The Hall–Kier alpha value is -0.0800. The molecule has 0 aliphatic heterocycles. The van der Waals surface area contributed by atoms with Crippen LogP contribution in [-0.4, -0.2) is 18.1 Å². The van der Waals surface area contributed by atoms with Gasteiger partial charge in [-0.25, -0.2) is 0 Å². The van der Waals surface area contributed by atoms with E-state index in [2.05, 4.69) is 33.0 Å². The lowest BCUT2D eigenvalue weighted by molar-refractivity contribution is 0.200. The molecule has 3 N–H and O–H groups in total. The van der Waals surface area contributed by atoms with Gasteiger partial charge < -0.3 is 11.1 Å². The number of hydrogen-bond donors (Lipinski definition) is 2. The molecule has 3 unspecified atom stereocenters. The summed E-state index contributed by atoms with van der Waals surface area (Å²) in [5.41, 5.74) is 5.89. The second kappa shape index (κ2) is 4.63. The minimum Gasteiger partial charge on any atom is -0.324 e. The first-order chi connectivity index (χ1) is 6.40. The molecule has 2 heteroatoms. The second-order valence-corrected chi connectivity index (χ2v) is 5.74. The first kappa shape index (κ1) is 12.0. The van der Waals surface area contributed by atoms with E-state index in [0.717, 1.165) is 18.4 Å². The molecular weight excluding hydrogens is 172 g/mol. The predicted molar refractivity (Wildman–Crippen MR) is 62.2 cm³/mol. The highest BCUT2D eigenvalue weighted by molar-refractivity contribution is 4.85. The maximum atomic E-state index is 5.97. The fourth-order valence-electron chi connectivity index (χ4n) is 2.26. The molecule has 84 valence electrons. The van der Waals surface area contributed by atoms with Crippen molar-refractivity contribution in [1.29, 1.82) is 0 Å². The predicted octanol–water partition coefficient (Wildman–Crippen LogP) is 2.14. The van der Waals surface area contributed by atoms with Gasteiger partial charge in [0.05, 0.1) is 0 Å². The van der Waals surface area contributed by atoms with Gasteiger partial charge in [0.25, 0.3) is 0 Å². The summed E-state index contributed by atoms with van der Waals surface area (Å²) in [4.78, 5) is 0. The van der Waals surface area contributed by atoms with Crippen LogP contribution in [0.4, 0.5) is 0 Å². The Balaban J connectivity index is 2.36. The third kappa shape index (κ3) is 3.58. The van der Waals surface area contributed by atoms with Crippen LogP contribution in [0.15, 0.2) is 0 Å². The maximum absolute atomic E-state index is 5.97. The standard InChI is InChI=1S/C12H26N2/c1-9-6-5-7-11(10(9)2)14-8-12(3,4)13/h9-11,14H,5-8,13H2,1-4H3. The summed E-state index contributed by atoms with van der Waals surface area (Å²) in [6.07, 6.45) is 4.08. The van der Waals surface area contributed by atoms with Gasteiger partial charge in [-0.05, 0) is 32.1 Å². The van der Waals surface area contributed by atoms with Gasteiger partial charge in [0.2, 0.25) is 0 Å². The molecule has 0 saturated heterocycles. The molecule has 0 radical (unpaired) electrons. The highest BCUT2D eigenvalue weighted by Gasteiger charge is 2.27. The normalized spacial score (nSPS) is 34.5. The Bertz CT molecular complexity index is 172. The highest BCUT2D eigenvalue weighted by Crippen LogP contribution is 2.29. The highest BCUT2D eigenvalue weighted by atomic mass is 15.0. The van der Waals surface area contributed by atoms with Crippen LogP contribution in [0.5, 0.6) is 0 Å². The first-order valence-corrected chi connectivity index (χ1v) is 5.92. The van der Waals surface area contributed by atoms with E-state index >= 15 is 0 Å². The topological polar surface area (TPSA) is 38.0 Å². The third-order valence-electron chi connectivity index (χ3n) is 3.53. The average Bonchev–Trinajstić information content (AvgIpc) is 2.06. The first-order valence-electron chi connectivity index (χ1n) is 5.92. The van der Waals surface area contributed by atoms with Gasteiger partial charge in [-0.1, -0.05) is 26.7 Å². The van der Waals surface area contributed by atoms with Gasteiger partial charge in [-0.2, -0.15) is 0 Å². The van der Waals surface area contributed by atoms with E-state index in [-0.39, 0.29) is 5.54 Å². The molecule has 0 bridgehead atoms. The Labute approximate surface area is 88.6 Å². The van der Waals surface area contributed by atoms with Gasteiger partial charge >= 0.3 is 0 Å². The van der Waals surface area contributed by atoms with Crippen molar-refractivity contribution in [3.63, 3.8) is 0 Å². The molecule has 0 aromatic carbocycles. The summed E-state index contributed by atoms with van der Waals surface area (Å²) < 4.78 is 0. The van der Waals surface area contributed by atoms with E-state index in [0.29, 0.717) is 6.04 Å². The van der Waals surface area contributed by atoms with Crippen LogP contribution >= 0.6 is 0 Å². The van der Waals surface area contributed by atoms with Gasteiger partial charge in [0.15, 0.2) is 0 Å². The molecule has 1 saturated carbocycles. The van der Waals surface area contributed by atoms with Crippen LogP contribution < -0.4 is 11.1 Å². The van der Waals surface area contributed by atoms with Crippen molar-refractivity contribution in [1.82, 2.24) is 5.32 Å². The molecule has 0 amide bonds. The van der Waals surface area contributed by atoms with Crippen LogP contribution in [-0.2, 0) is 0 Å². The van der Waals surface area contributed by atoms with Crippen molar-refractivity contribution in [3.05, 3.63) is 0 Å². The molecule has 2 nitrogen and oxygen atoms in total. The largest absolute Gasteiger partial charge is 0.324 e. The second-order valence-electron chi connectivity index (χ2n) is 5.74. The van der Waals surface area contributed by atoms with E-state index in [1.165, 1.54) is 19.3 Å². The molecule has 3 atom stereocenters. The summed E-state index contributed by atoms with van der Waals surface area (Å²) in [7, 11) is 0. The summed E-state index contributed by atoms with van der Waals surface area (Å²) in [6, 6.07) is 0.682. The average molecular weight is 198 g/mol. The molecule has 1 rings (SSSR count). The number of nitrogens with two attached hydrogens (primary N) is 1. The summed E-state index contributed by atoms with van der Waals surface area (Å²) in [6.45, 7) is 9.82. The van der Waals surface area contributed by atoms with Crippen molar-refractivity contribution in [2.24, 2.45) is 17.6 Å². The number of nitrogens with one attached hydrogen (secondary N) is 1. The molecule has 1 aliphatic carbocycles. The molecule has 1 aliphatic rings. The smallest absolute Gasteiger partial charge is 0.0223 e. The molecule has 0 heterocycles. The lowest BCUT2D eigenvalue weighted by atomic mass is 9.78. The molecule has 0 aromatic heterocycles. The zero-order valence-corrected chi connectivity index (χ0v) is 10.1. The van der Waals surface area contributed by atoms with Crippen LogP contribution in [0.3, 0.4) is 0 Å². The SMILES string of the molecule is CC1CCCC(NCC(C)(C)N)C1C. The summed E-state index contributed by atoms with van der Waals surface area (Å²) in [5, 5.41) is 3.62. The van der Waals surface area contributed by atoms with Crippen molar-refractivity contribution in [3.8, 4) is 0 Å². The van der Waals surface area contributed by atoms with E-state index in [1.54, 1.807) is 0 Å². The van der Waals surface area contributed by atoms with E-state index < -0.39 is 0 Å². The molecular formula is C12H26N2. The van der Waals surface area contributed by atoms with Crippen molar-refractivity contribution in [2.45, 2.75) is 58.5 Å². The Morgan fingerprint density at radius 2 is 1.93 bits per heavy atom. The minimum absolute atomic E-state index is 0.0829. The van der Waals surface area contributed by atoms with Gasteiger partial charge in [-0.15, -0.1) is 0 Å². The number of rotatable bonds is 3. The molecule has 0 aromatic rings. The minimum atomic E-state index is -0.0829. The quantitative estimate of drug-likeness (QED) is 0.729. The van der Waals surface area contributed by atoms with Crippen molar-refractivity contribution >= 4 is 0 Å². The Morgan fingerprint density at radius 1 is 1.29 bits per heavy atom. The monoisotopic (exact) mass is 198 g/mol. The van der Waals surface area contributed by atoms with Crippen LogP contribution in [0.1, 0.15) is 47.0 Å². The van der Waals surface area contributed by atoms with Crippen LogP contribution in [0.2, 0.25) is 0 Å². The molecule has 0 spiro atoms. The van der Waals surface area contributed by atoms with Gasteiger partial charge in [0, 0.05) is 18.1 Å². The zero-order chi connectivity index (χ0) is 10.8.